The first kappa shape index (κ1) is 15.0. The Morgan fingerprint density at radius 1 is 1.17 bits per heavy atom. The normalized spacial score (nSPS) is 25.7. The van der Waals surface area contributed by atoms with Crippen LogP contribution < -0.4 is 5.32 Å². The smallest absolute Gasteiger partial charge is 0.244 e. The van der Waals surface area contributed by atoms with Gasteiger partial charge in [0, 0.05) is 31.4 Å². The van der Waals surface area contributed by atoms with Gasteiger partial charge in [0.05, 0.1) is 17.9 Å². The van der Waals surface area contributed by atoms with Gasteiger partial charge in [-0.25, -0.2) is 9.97 Å². The van der Waals surface area contributed by atoms with Gasteiger partial charge in [-0.2, -0.15) is 0 Å². The number of fused-ring (bicyclic) bond motifs is 1. The highest BCUT2D eigenvalue weighted by atomic mass is 16.5. The van der Waals surface area contributed by atoms with Crippen LogP contribution in [0.1, 0.15) is 55.8 Å². The lowest BCUT2D eigenvalue weighted by Crippen LogP contribution is -2.45. The lowest BCUT2D eigenvalue weighted by atomic mass is 10.0. The van der Waals surface area contributed by atoms with Crippen molar-refractivity contribution in [3.05, 3.63) is 23.8 Å². The molecule has 6 heteroatoms. The number of carbonyl (C=O) groups excluding carboxylic acids is 1. The Morgan fingerprint density at radius 3 is 2.70 bits per heavy atom. The van der Waals surface area contributed by atoms with Gasteiger partial charge in [0.1, 0.15) is 12.4 Å². The van der Waals surface area contributed by atoms with Gasteiger partial charge in [-0.15, -0.1) is 0 Å². The van der Waals surface area contributed by atoms with E-state index in [9.17, 15) is 4.79 Å². The molecule has 0 aromatic carbocycles. The van der Waals surface area contributed by atoms with Gasteiger partial charge in [0.2, 0.25) is 5.91 Å². The number of hydrogen-bond donors (Lipinski definition) is 1. The SMILES string of the molecule is O=C(C1NCc2ncncc21)N1CCC(OC2CCCC2)CC1. The first-order valence-corrected chi connectivity index (χ1v) is 8.77. The summed E-state index contributed by atoms with van der Waals surface area (Å²) >= 11 is 0. The monoisotopic (exact) mass is 316 g/mol. The molecule has 2 fully saturated rings. The summed E-state index contributed by atoms with van der Waals surface area (Å²) in [5.41, 5.74) is 1.87. The third kappa shape index (κ3) is 3.10. The molecule has 1 aliphatic carbocycles. The fourth-order valence-electron chi connectivity index (χ4n) is 3.98. The first-order valence-electron chi connectivity index (χ1n) is 8.77. The van der Waals surface area contributed by atoms with E-state index in [0.29, 0.717) is 18.8 Å². The van der Waals surface area contributed by atoms with Gasteiger partial charge in [-0.1, -0.05) is 12.8 Å². The van der Waals surface area contributed by atoms with Gasteiger partial charge in [0.15, 0.2) is 0 Å². The molecule has 1 aromatic rings. The minimum absolute atomic E-state index is 0.151. The molecule has 3 aliphatic rings. The van der Waals surface area contributed by atoms with Gasteiger partial charge in [-0.05, 0) is 25.7 Å². The van der Waals surface area contributed by atoms with Gasteiger partial charge in [0.25, 0.3) is 0 Å². The van der Waals surface area contributed by atoms with Crippen molar-refractivity contribution in [2.75, 3.05) is 13.1 Å². The van der Waals surface area contributed by atoms with Crippen LogP contribution in [-0.4, -0.2) is 46.1 Å². The van der Waals surface area contributed by atoms with Crippen LogP contribution >= 0.6 is 0 Å². The van der Waals surface area contributed by atoms with Crippen LogP contribution in [0.2, 0.25) is 0 Å². The van der Waals surface area contributed by atoms with Crippen molar-refractivity contribution >= 4 is 5.91 Å². The van der Waals surface area contributed by atoms with E-state index in [4.69, 9.17) is 4.74 Å². The predicted octanol–water partition coefficient (Wildman–Crippen LogP) is 1.57. The number of aromatic nitrogens is 2. The van der Waals surface area contributed by atoms with E-state index in [1.165, 1.54) is 25.7 Å². The highest BCUT2D eigenvalue weighted by Crippen LogP contribution is 2.28. The number of nitrogens with zero attached hydrogens (tertiary/aromatic N) is 3. The summed E-state index contributed by atoms with van der Waals surface area (Å²) in [7, 11) is 0. The lowest BCUT2D eigenvalue weighted by molar-refractivity contribution is -0.136. The molecule has 0 spiro atoms. The van der Waals surface area contributed by atoms with Gasteiger partial charge < -0.3 is 9.64 Å². The summed E-state index contributed by atoms with van der Waals surface area (Å²) in [6.07, 6.45) is 11.0. The van der Waals surface area contributed by atoms with Gasteiger partial charge >= 0.3 is 0 Å². The number of hydrogen-bond acceptors (Lipinski definition) is 5. The second kappa shape index (κ2) is 6.53. The van der Waals surface area contributed by atoms with Crippen LogP contribution in [0, 0.1) is 0 Å². The Bertz CT molecular complexity index is 565. The molecule has 124 valence electrons. The van der Waals surface area contributed by atoms with E-state index in [1.807, 2.05) is 4.90 Å². The van der Waals surface area contributed by atoms with E-state index in [2.05, 4.69) is 15.3 Å². The maximum absolute atomic E-state index is 12.8. The van der Waals surface area contributed by atoms with E-state index in [0.717, 1.165) is 37.2 Å². The topological polar surface area (TPSA) is 67.4 Å². The summed E-state index contributed by atoms with van der Waals surface area (Å²) in [4.78, 5) is 23.1. The molecule has 1 N–H and O–H groups in total. The quantitative estimate of drug-likeness (QED) is 0.917. The zero-order valence-corrected chi connectivity index (χ0v) is 13.4. The number of amides is 1. The number of nitrogens with one attached hydrogen (secondary N) is 1. The van der Waals surface area contributed by atoms with Crippen molar-refractivity contribution < 1.29 is 9.53 Å². The number of rotatable bonds is 3. The minimum atomic E-state index is -0.279. The van der Waals surface area contributed by atoms with Crippen LogP contribution in [0.3, 0.4) is 0 Å². The Hall–Kier alpha value is -1.53. The number of ether oxygens (including phenoxy) is 1. The minimum Gasteiger partial charge on any atom is -0.375 e. The van der Waals surface area contributed by atoms with E-state index in [1.54, 1.807) is 12.5 Å². The number of carbonyl (C=O) groups is 1. The van der Waals surface area contributed by atoms with Crippen molar-refractivity contribution in [2.45, 2.75) is 63.3 Å². The molecular formula is C17H24N4O2. The maximum Gasteiger partial charge on any atom is 0.244 e. The van der Waals surface area contributed by atoms with E-state index in [-0.39, 0.29) is 11.9 Å². The molecule has 0 radical (unpaired) electrons. The Morgan fingerprint density at radius 2 is 1.91 bits per heavy atom. The van der Waals surface area contributed by atoms with Crippen LogP contribution in [0.5, 0.6) is 0 Å². The zero-order chi connectivity index (χ0) is 15.6. The fourth-order valence-corrected chi connectivity index (χ4v) is 3.98. The Kier molecular flexibility index (Phi) is 4.27. The van der Waals surface area contributed by atoms with E-state index < -0.39 is 0 Å². The maximum atomic E-state index is 12.8. The molecule has 1 aromatic heterocycles. The molecule has 23 heavy (non-hydrogen) atoms. The Labute approximate surface area is 136 Å². The molecule has 1 amide bonds. The molecule has 3 heterocycles. The molecule has 0 bridgehead atoms. The molecule has 1 saturated carbocycles. The second-order valence-electron chi connectivity index (χ2n) is 6.81. The van der Waals surface area contributed by atoms with Crippen LogP contribution in [0.4, 0.5) is 0 Å². The average Bonchev–Trinajstić information content (AvgIpc) is 3.24. The molecular weight excluding hydrogens is 292 g/mol. The summed E-state index contributed by atoms with van der Waals surface area (Å²) in [5, 5.41) is 3.26. The molecule has 1 atom stereocenters. The summed E-state index contributed by atoms with van der Waals surface area (Å²) in [5.74, 6) is 0.151. The Balaban J connectivity index is 1.33. The van der Waals surface area contributed by atoms with Crippen LogP contribution in [0.15, 0.2) is 12.5 Å². The lowest BCUT2D eigenvalue weighted by Gasteiger charge is -2.34. The molecule has 1 unspecified atom stereocenters. The fraction of sp³-hybridized carbons (Fsp3) is 0.706. The third-order valence-corrected chi connectivity index (χ3v) is 5.30. The number of likely N-dealkylation sites (tertiary alicyclic amines) is 1. The highest BCUT2D eigenvalue weighted by molar-refractivity contribution is 5.84. The average molecular weight is 316 g/mol. The highest BCUT2D eigenvalue weighted by Gasteiger charge is 2.34. The number of piperidine rings is 1. The second-order valence-corrected chi connectivity index (χ2v) is 6.81. The summed E-state index contributed by atoms with van der Waals surface area (Å²) < 4.78 is 6.19. The van der Waals surface area contributed by atoms with Crippen LogP contribution in [-0.2, 0) is 16.1 Å². The molecule has 2 aliphatic heterocycles. The predicted molar refractivity (Wildman–Crippen MR) is 84.6 cm³/mol. The van der Waals surface area contributed by atoms with Gasteiger partial charge in [-0.3, -0.25) is 10.1 Å². The molecule has 1 saturated heterocycles. The first-order chi connectivity index (χ1) is 11.3. The third-order valence-electron chi connectivity index (χ3n) is 5.30. The standard InChI is InChI=1S/C17H24N4O2/c22-17(16-14-9-18-11-20-15(14)10-19-16)21-7-5-13(6-8-21)23-12-3-1-2-4-12/h9,11-13,16,19H,1-8,10H2. The van der Waals surface area contributed by atoms with Crippen molar-refractivity contribution in [1.82, 2.24) is 20.2 Å². The summed E-state index contributed by atoms with van der Waals surface area (Å²) in [6.45, 7) is 2.23. The van der Waals surface area contributed by atoms with E-state index >= 15 is 0 Å². The van der Waals surface area contributed by atoms with Crippen LogP contribution in [0.25, 0.3) is 0 Å². The zero-order valence-electron chi connectivity index (χ0n) is 13.4. The van der Waals surface area contributed by atoms with Crippen molar-refractivity contribution in [3.8, 4) is 0 Å². The van der Waals surface area contributed by atoms with Crippen molar-refractivity contribution in [1.29, 1.82) is 0 Å². The van der Waals surface area contributed by atoms with Crippen molar-refractivity contribution in [2.24, 2.45) is 0 Å². The molecule has 6 nitrogen and oxygen atoms in total. The van der Waals surface area contributed by atoms with Crippen molar-refractivity contribution in [3.63, 3.8) is 0 Å². The summed E-state index contributed by atoms with van der Waals surface area (Å²) in [6, 6.07) is -0.279. The molecule has 4 rings (SSSR count). The largest absolute Gasteiger partial charge is 0.375 e.